The minimum Gasteiger partial charge on any atom is -0.388 e. The van der Waals surface area contributed by atoms with Crippen molar-refractivity contribution >= 4 is 9.84 Å². The summed E-state index contributed by atoms with van der Waals surface area (Å²) in [5.41, 5.74) is -0.779. The van der Waals surface area contributed by atoms with Crippen LogP contribution in [0.1, 0.15) is 32.1 Å². The largest absolute Gasteiger partial charge is 0.388 e. The maximum absolute atomic E-state index is 11.5. The third-order valence-corrected chi connectivity index (χ3v) is 4.26. The molecule has 0 saturated heterocycles. The zero-order chi connectivity index (χ0) is 12.5. The lowest BCUT2D eigenvalue weighted by molar-refractivity contribution is -0.0134. The molecule has 0 radical (unpaired) electrons. The van der Waals surface area contributed by atoms with Crippen LogP contribution in [0.15, 0.2) is 17.6 Å². The van der Waals surface area contributed by atoms with E-state index in [1.165, 1.54) is 6.20 Å². The molecule has 2 rings (SSSR count). The Balaban J connectivity index is 2.21. The van der Waals surface area contributed by atoms with Gasteiger partial charge in [-0.1, -0.05) is 19.3 Å². The van der Waals surface area contributed by atoms with Crippen molar-refractivity contribution in [1.82, 2.24) is 9.55 Å². The summed E-state index contributed by atoms with van der Waals surface area (Å²) in [5.74, 6) is 0. The summed E-state index contributed by atoms with van der Waals surface area (Å²) < 4.78 is 24.5. The molecule has 17 heavy (non-hydrogen) atoms. The first-order valence-corrected chi connectivity index (χ1v) is 7.73. The molecule has 0 aromatic carbocycles. The van der Waals surface area contributed by atoms with Crippen LogP contribution >= 0.6 is 0 Å². The van der Waals surface area contributed by atoms with Crippen LogP contribution < -0.4 is 0 Å². The van der Waals surface area contributed by atoms with E-state index in [9.17, 15) is 13.5 Å². The standard InChI is InChI=1S/C11H18N2O3S/c1-17(15,16)10-12-7-8-13(10)9-11(14)5-3-2-4-6-11/h7-8,14H,2-6,9H2,1H3. The van der Waals surface area contributed by atoms with E-state index in [2.05, 4.69) is 4.98 Å². The zero-order valence-corrected chi connectivity index (χ0v) is 10.8. The molecule has 5 nitrogen and oxygen atoms in total. The molecule has 0 atom stereocenters. The molecule has 1 aliphatic carbocycles. The third-order valence-electron chi connectivity index (χ3n) is 3.26. The second-order valence-corrected chi connectivity index (χ2v) is 6.80. The van der Waals surface area contributed by atoms with E-state index < -0.39 is 15.4 Å². The van der Waals surface area contributed by atoms with Gasteiger partial charge in [-0.3, -0.25) is 0 Å². The molecular formula is C11H18N2O3S. The smallest absolute Gasteiger partial charge is 0.227 e. The second kappa shape index (κ2) is 4.42. The first-order chi connectivity index (χ1) is 7.91. The molecule has 6 heteroatoms. The van der Waals surface area contributed by atoms with Crippen LogP contribution in [0.4, 0.5) is 0 Å². The second-order valence-electron chi connectivity index (χ2n) is 4.89. The van der Waals surface area contributed by atoms with Gasteiger partial charge in [0.25, 0.3) is 0 Å². The Morgan fingerprint density at radius 3 is 2.65 bits per heavy atom. The highest BCUT2D eigenvalue weighted by Gasteiger charge is 2.31. The van der Waals surface area contributed by atoms with E-state index >= 15 is 0 Å². The molecule has 1 heterocycles. The van der Waals surface area contributed by atoms with E-state index in [1.807, 2.05) is 0 Å². The van der Waals surface area contributed by atoms with Crippen molar-refractivity contribution in [3.63, 3.8) is 0 Å². The average Bonchev–Trinajstić information content (AvgIpc) is 2.65. The number of hydrogen-bond acceptors (Lipinski definition) is 4. The Bertz CT molecular complexity index is 487. The van der Waals surface area contributed by atoms with Gasteiger partial charge in [-0.2, -0.15) is 0 Å². The van der Waals surface area contributed by atoms with Crippen molar-refractivity contribution in [3.05, 3.63) is 12.4 Å². The van der Waals surface area contributed by atoms with Crippen molar-refractivity contribution in [3.8, 4) is 0 Å². The van der Waals surface area contributed by atoms with E-state index in [-0.39, 0.29) is 5.16 Å². The molecule has 0 amide bonds. The number of nitrogens with zero attached hydrogens (tertiary/aromatic N) is 2. The van der Waals surface area contributed by atoms with Crippen LogP contribution in [0.5, 0.6) is 0 Å². The number of aliphatic hydroxyl groups is 1. The predicted octanol–water partition coefficient (Wildman–Crippen LogP) is 0.982. The SMILES string of the molecule is CS(=O)(=O)c1nccn1CC1(O)CCCCC1. The van der Waals surface area contributed by atoms with Gasteiger partial charge in [0, 0.05) is 18.6 Å². The van der Waals surface area contributed by atoms with Gasteiger partial charge in [0.1, 0.15) is 0 Å². The molecule has 0 bridgehead atoms. The Hall–Kier alpha value is -0.880. The van der Waals surface area contributed by atoms with Crippen molar-refractivity contribution in [2.75, 3.05) is 6.26 Å². The number of hydrogen-bond donors (Lipinski definition) is 1. The lowest BCUT2D eigenvalue weighted by Gasteiger charge is -2.32. The fourth-order valence-corrected chi connectivity index (χ4v) is 3.23. The van der Waals surface area contributed by atoms with Crippen LogP contribution in [0.2, 0.25) is 0 Å². The van der Waals surface area contributed by atoms with Crippen molar-refractivity contribution in [2.45, 2.75) is 49.4 Å². The maximum atomic E-state index is 11.5. The summed E-state index contributed by atoms with van der Waals surface area (Å²) in [5, 5.41) is 10.4. The molecule has 0 aliphatic heterocycles. The average molecular weight is 258 g/mol. The van der Waals surface area contributed by atoms with Crippen molar-refractivity contribution < 1.29 is 13.5 Å². The Morgan fingerprint density at radius 2 is 2.06 bits per heavy atom. The topological polar surface area (TPSA) is 72.2 Å². The van der Waals surface area contributed by atoms with Gasteiger partial charge in [-0.05, 0) is 12.8 Å². The van der Waals surface area contributed by atoms with Crippen LogP contribution in [0, 0.1) is 0 Å². The minimum absolute atomic E-state index is 0.0384. The lowest BCUT2D eigenvalue weighted by atomic mass is 9.85. The normalized spacial score (nSPS) is 20.4. The van der Waals surface area contributed by atoms with E-state index in [0.29, 0.717) is 6.54 Å². The van der Waals surface area contributed by atoms with Gasteiger partial charge < -0.3 is 9.67 Å². The fraction of sp³-hybridized carbons (Fsp3) is 0.727. The molecule has 0 unspecified atom stereocenters. The van der Waals surface area contributed by atoms with Gasteiger partial charge in [-0.15, -0.1) is 0 Å². The fourth-order valence-electron chi connectivity index (χ4n) is 2.43. The van der Waals surface area contributed by atoms with Gasteiger partial charge in [-0.25, -0.2) is 13.4 Å². The monoisotopic (exact) mass is 258 g/mol. The quantitative estimate of drug-likeness (QED) is 0.877. The summed E-state index contributed by atoms with van der Waals surface area (Å²) in [6, 6.07) is 0. The van der Waals surface area contributed by atoms with Crippen LogP contribution in [0.25, 0.3) is 0 Å². The number of aromatic nitrogens is 2. The van der Waals surface area contributed by atoms with Crippen LogP contribution in [-0.4, -0.2) is 34.9 Å². The van der Waals surface area contributed by atoms with Crippen LogP contribution in [0.3, 0.4) is 0 Å². The van der Waals surface area contributed by atoms with E-state index in [0.717, 1.165) is 38.4 Å². The molecule has 0 spiro atoms. The molecule has 1 saturated carbocycles. The maximum Gasteiger partial charge on any atom is 0.227 e. The number of rotatable bonds is 3. The third kappa shape index (κ3) is 2.87. The van der Waals surface area contributed by atoms with Gasteiger partial charge in [0.2, 0.25) is 15.0 Å². The lowest BCUT2D eigenvalue weighted by Crippen LogP contribution is -2.36. The Labute approximate surface area is 101 Å². The number of imidazole rings is 1. The summed E-state index contributed by atoms with van der Waals surface area (Å²) in [6.45, 7) is 0.315. The highest BCUT2D eigenvalue weighted by molar-refractivity contribution is 7.90. The first kappa shape index (κ1) is 12.6. The summed E-state index contributed by atoms with van der Waals surface area (Å²) in [7, 11) is -3.33. The van der Waals surface area contributed by atoms with Crippen molar-refractivity contribution in [2.24, 2.45) is 0 Å². The molecule has 1 fully saturated rings. The molecular weight excluding hydrogens is 240 g/mol. The molecule has 1 aromatic heterocycles. The Kier molecular flexibility index (Phi) is 3.27. The van der Waals surface area contributed by atoms with Gasteiger partial charge in [0.15, 0.2) is 0 Å². The highest BCUT2D eigenvalue weighted by atomic mass is 32.2. The summed E-state index contributed by atoms with van der Waals surface area (Å²) in [6.07, 6.45) is 8.81. The molecule has 1 N–H and O–H groups in total. The van der Waals surface area contributed by atoms with Gasteiger partial charge >= 0.3 is 0 Å². The zero-order valence-electron chi connectivity index (χ0n) is 9.96. The Morgan fingerprint density at radius 1 is 1.41 bits per heavy atom. The minimum atomic E-state index is -3.33. The molecule has 1 aromatic rings. The van der Waals surface area contributed by atoms with Crippen LogP contribution in [-0.2, 0) is 16.4 Å². The first-order valence-electron chi connectivity index (χ1n) is 5.84. The highest BCUT2D eigenvalue weighted by Crippen LogP contribution is 2.30. The number of sulfone groups is 1. The van der Waals surface area contributed by atoms with Gasteiger partial charge in [0.05, 0.1) is 12.1 Å². The predicted molar refractivity (Wildman–Crippen MR) is 63.4 cm³/mol. The van der Waals surface area contributed by atoms with Crippen molar-refractivity contribution in [1.29, 1.82) is 0 Å². The summed E-state index contributed by atoms with van der Waals surface area (Å²) >= 11 is 0. The molecule has 1 aliphatic rings. The van der Waals surface area contributed by atoms with E-state index in [4.69, 9.17) is 0 Å². The summed E-state index contributed by atoms with van der Waals surface area (Å²) in [4.78, 5) is 3.85. The van der Waals surface area contributed by atoms with E-state index in [1.54, 1.807) is 10.8 Å². The molecule has 96 valence electrons.